The van der Waals surface area contributed by atoms with Gasteiger partial charge in [0.05, 0.1) is 31.6 Å². The minimum atomic E-state index is -3.44. The van der Waals surface area contributed by atoms with Crippen molar-refractivity contribution in [2.45, 2.75) is 34.0 Å². The normalized spacial score (nSPS) is 11.8. The van der Waals surface area contributed by atoms with Crippen LogP contribution in [0.2, 0.25) is 0 Å². The number of nitrogens with zero attached hydrogens (tertiary/aromatic N) is 3. The van der Waals surface area contributed by atoms with E-state index in [1.165, 1.54) is 19.0 Å². The van der Waals surface area contributed by atoms with Gasteiger partial charge in [0.25, 0.3) is 0 Å². The van der Waals surface area contributed by atoms with Crippen LogP contribution in [0.4, 0.5) is 0 Å². The van der Waals surface area contributed by atoms with Gasteiger partial charge in [0.2, 0.25) is 11.8 Å². The van der Waals surface area contributed by atoms with E-state index in [1.807, 2.05) is 36.4 Å². The molecule has 2 heterocycles. The quantitative estimate of drug-likeness (QED) is 0.106. The molecule has 0 bridgehead atoms. The summed E-state index contributed by atoms with van der Waals surface area (Å²) in [4.78, 5) is 15.0. The highest BCUT2D eigenvalue weighted by Crippen LogP contribution is 2.50. The molecule has 0 aliphatic heterocycles. The van der Waals surface area contributed by atoms with Gasteiger partial charge in [-0.2, -0.15) is 0 Å². The van der Waals surface area contributed by atoms with Gasteiger partial charge in [-0.25, -0.2) is 14.5 Å². The first-order valence-electron chi connectivity index (χ1n) is 13.8. The van der Waals surface area contributed by atoms with Gasteiger partial charge in [-0.05, 0) is 56.7 Å². The molecule has 0 fully saturated rings. The van der Waals surface area contributed by atoms with E-state index in [2.05, 4.69) is 10.1 Å². The number of rotatable bonds is 16. The molecule has 0 amide bonds. The van der Waals surface area contributed by atoms with Crippen LogP contribution in [0.1, 0.15) is 42.3 Å². The number of oxazole rings is 1. The Bertz CT molecular complexity index is 1650. The van der Waals surface area contributed by atoms with Crippen molar-refractivity contribution in [2.24, 2.45) is 0 Å². The third kappa shape index (κ3) is 8.70. The highest BCUT2D eigenvalue weighted by Gasteiger charge is 2.20. The van der Waals surface area contributed by atoms with Crippen LogP contribution >= 0.6 is 7.60 Å². The molecule has 4 rings (SSSR count). The monoisotopic (exact) mass is 623 g/mol. The van der Waals surface area contributed by atoms with Crippen LogP contribution in [0, 0.1) is 6.92 Å². The van der Waals surface area contributed by atoms with E-state index in [0.717, 1.165) is 17.3 Å². The maximum atomic E-state index is 13.0. The predicted molar refractivity (Wildman–Crippen MR) is 163 cm³/mol. The van der Waals surface area contributed by atoms with Crippen LogP contribution in [-0.2, 0) is 31.6 Å². The molecule has 0 radical (unpaired) electrons. The molecule has 0 aliphatic carbocycles. The summed E-state index contributed by atoms with van der Waals surface area (Å²) >= 11 is 0. The van der Waals surface area contributed by atoms with Gasteiger partial charge < -0.3 is 32.8 Å². The number of methoxy groups -OCH3 is 1. The van der Waals surface area contributed by atoms with Gasteiger partial charge in [0, 0.05) is 24.2 Å². The Hall–Kier alpha value is -4.64. The fraction of sp³-hybridized carbons (Fsp3) is 0.258. The van der Waals surface area contributed by atoms with E-state index >= 15 is 0 Å². The lowest BCUT2D eigenvalue weighted by Crippen LogP contribution is -2.02. The summed E-state index contributed by atoms with van der Waals surface area (Å²) in [5, 5.41) is 13.4. The number of ether oxygens (including phenoxy) is 3. The third-order valence-corrected chi connectivity index (χ3v) is 7.78. The molecule has 4 aromatic rings. The van der Waals surface area contributed by atoms with Gasteiger partial charge in [-0.1, -0.05) is 24.3 Å². The van der Waals surface area contributed by atoms with Crippen molar-refractivity contribution in [2.75, 3.05) is 20.3 Å². The fourth-order valence-corrected chi connectivity index (χ4v) is 5.29. The minimum absolute atomic E-state index is 0.0857. The molecular formula is C31H34N3O9P. The minimum Gasteiger partial charge on any atom is -0.493 e. The first-order valence-corrected chi connectivity index (χ1v) is 15.4. The Morgan fingerprint density at radius 2 is 1.77 bits per heavy atom. The second-order valence-corrected chi connectivity index (χ2v) is 11.0. The van der Waals surface area contributed by atoms with Crippen molar-refractivity contribution < 1.29 is 42.1 Å². The van der Waals surface area contributed by atoms with E-state index in [9.17, 15) is 9.36 Å². The zero-order valence-corrected chi connectivity index (χ0v) is 25.7. The maximum absolute atomic E-state index is 13.0. The summed E-state index contributed by atoms with van der Waals surface area (Å²) in [5.74, 6) is 2.26. The molecule has 1 N–H and O–H groups in total. The summed E-state index contributed by atoms with van der Waals surface area (Å²) in [5.41, 5.74) is 2.72. The summed E-state index contributed by atoms with van der Waals surface area (Å²) < 4.78 is 48.5. The SMILES string of the molecule is CCOP(=O)(C=Cc1cn(-c2ccccc2)nc1OCc1ccc(OCc2nc(/C=C/C(=O)O)oc2C)c(OC)c1)OCC. The number of aliphatic carboxylic acids is 1. The molecule has 44 heavy (non-hydrogen) atoms. The summed E-state index contributed by atoms with van der Waals surface area (Å²) in [6.07, 6.45) is 5.62. The average Bonchev–Trinajstić information content (AvgIpc) is 3.60. The van der Waals surface area contributed by atoms with Gasteiger partial charge in [0.15, 0.2) is 11.5 Å². The van der Waals surface area contributed by atoms with Crippen LogP contribution < -0.4 is 14.2 Å². The van der Waals surface area contributed by atoms with E-state index < -0.39 is 13.6 Å². The summed E-state index contributed by atoms with van der Waals surface area (Å²) in [6.45, 7) is 5.93. The topological polar surface area (TPSA) is 144 Å². The Kier molecular flexibility index (Phi) is 11.1. The standard InChI is InChI=1S/C31H34N3O9P/c1-5-41-44(37,42-6-2)17-16-24-19-34(25-10-8-7-9-11-25)33-31(24)40-20-23-12-13-27(28(18-23)38-4)39-21-26-22(3)43-29(32-26)14-15-30(35)36/h7-19H,5-6,20-21H2,1-4H3,(H,35,36)/b15-14+,17-16?. The number of para-hydroxylation sites is 1. The first-order chi connectivity index (χ1) is 21.2. The van der Waals surface area contributed by atoms with Crippen LogP contribution in [-0.4, -0.2) is 46.2 Å². The molecule has 2 aromatic carbocycles. The van der Waals surface area contributed by atoms with Crippen molar-refractivity contribution in [1.82, 2.24) is 14.8 Å². The van der Waals surface area contributed by atoms with Gasteiger partial charge in [-0.15, -0.1) is 5.10 Å². The lowest BCUT2D eigenvalue weighted by molar-refractivity contribution is -0.131. The second kappa shape index (κ2) is 15.2. The first kappa shape index (κ1) is 32.3. The predicted octanol–water partition coefficient (Wildman–Crippen LogP) is 6.67. The van der Waals surface area contributed by atoms with E-state index in [0.29, 0.717) is 34.4 Å². The van der Waals surface area contributed by atoms with E-state index in [1.54, 1.807) is 49.9 Å². The lowest BCUT2D eigenvalue weighted by Gasteiger charge is -2.13. The van der Waals surface area contributed by atoms with Crippen molar-refractivity contribution in [3.05, 3.63) is 95.1 Å². The smallest absolute Gasteiger partial charge is 0.354 e. The molecule has 0 atom stereocenters. The lowest BCUT2D eigenvalue weighted by atomic mass is 10.2. The van der Waals surface area contributed by atoms with Crippen molar-refractivity contribution in [3.63, 3.8) is 0 Å². The second-order valence-electron chi connectivity index (χ2n) is 9.15. The average molecular weight is 624 g/mol. The van der Waals surface area contributed by atoms with Crippen LogP contribution in [0.3, 0.4) is 0 Å². The largest absolute Gasteiger partial charge is 0.493 e. The van der Waals surface area contributed by atoms with Crippen molar-refractivity contribution in [3.8, 4) is 23.1 Å². The molecule has 0 saturated carbocycles. The third-order valence-electron chi connectivity index (χ3n) is 6.03. The number of aromatic nitrogens is 3. The molecule has 0 aliphatic rings. The fourth-order valence-electron chi connectivity index (χ4n) is 3.98. The number of benzene rings is 2. The van der Waals surface area contributed by atoms with Crippen LogP contribution in [0.15, 0.2) is 71.0 Å². The Balaban J connectivity index is 1.50. The van der Waals surface area contributed by atoms with E-state index in [-0.39, 0.29) is 32.3 Å². The van der Waals surface area contributed by atoms with Gasteiger partial charge in [0.1, 0.15) is 24.7 Å². The molecule has 0 unspecified atom stereocenters. The molecule has 232 valence electrons. The molecule has 0 saturated heterocycles. The Labute approximate surface area is 255 Å². The number of carbonyl (C=O) groups is 1. The van der Waals surface area contributed by atoms with E-state index in [4.69, 9.17) is 32.8 Å². The Morgan fingerprint density at radius 1 is 1.02 bits per heavy atom. The number of carboxylic acids is 1. The number of carboxylic acid groups (broad SMARTS) is 1. The van der Waals surface area contributed by atoms with Crippen molar-refractivity contribution >= 4 is 25.7 Å². The summed E-state index contributed by atoms with van der Waals surface area (Å²) in [6, 6.07) is 14.9. The number of hydrogen-bond acceptors (Lipinski definition) is 10. The maximum Gasteiger partial charge on any atom is 0.354 e. The number of hydrogen-bond donors (Lipinski definition) is 1. The molecule has 13 heteroatoms. The molecule has 0 spiro atoms. The highest BCUT2D eigenvalue weighted by atomic mass is 31.2. The van der Waals surface area contributed by atoms with Gasteiger partial charge in [-0.3, -0.25) is 4.57 Å². The molecule has 2 aromatic heterocycles. The summed E-state index contributed by atoms with van der Waals surface area (Å²) in [7, 11) is -1.91. The van der Waals surface area contributed by atoms with Crippen molar-refractivity contribution in [1.29, 1.82) is 0 Å². The van der Waals surface area contributed by atoms with Gasteiger partial charge >= 0.3 is 13.6 Å². The van der Waals surface area contributed by atoms with Crippen LogP contribution in [0.25, 0.3) is 17.8 Å². The Morgan fingerprint density at radius 3 is 2.45 bits per heavy atom. The zero-order chi connectivity index (χ0) is 31.5. The zero-order valence-electron chi connectivity index (χ0n) is 24.8. The molecular weight excluding hydrogens is 589 g/mol. The highest BCUT2D eigenvalue weighted by molar-refractivity contribution is 7.57. The number of aryl methyl sites for hydroxylation is 1. The molecule has 12 nitrogen and oxygen atoms in total. The van der Waals surface area contributed by atoms with Crippen LogP contribution in [0.5, 0.6) is 17.4 Å².